The summed E-state index contributed by atoms with van der Waals surface area (Å²) in [4.78, 5) is 44.3. The Morgan fingerprint density at radius 2 is 1.70 bits per heavy atom. The molecule has 0 radical (unpaired) electrons. The molecule has 0 bridgehead atoms. The van der Waals surface area contributed by atoms with Crippen LogP contribution in [0.15, 0.2) is 111 Å². The van der Waals surface area contributed by atoms with Crippen molar-refractivity contribution in [1.82, 2.24) is 4.57 Å². The molecule has 0 fully saturated rings. The zero-order valence-corrected chi connectivity index (χ0v) is 24.1. The first kappa shape index (κ1) is 28.0. The fourth-order valence-electron chi connectivity index (χ4n) is 4.98. The maximum atomic E-state index is 14.0. The smallest absolute Gasteiger partial charge is 0.338 e. The number of esters is 1. The third-order valence-corrected chi connectivity index (χ3v) is 8.02. The lowest BCUT2D eigenvalue weighted by atomic mass is 9.93. The van der Waals surface area contributed by atoms with E-state index in [1.54, 1.807) is 61.5 Å². The predicted molar refractivity (Wildman–Crippen MR) is 162 cm³/mol. The van der Waals surface area contributed by atoms with Crippen LogP contribution < -0.4 is 14.9 Å². The number of ketones is 1. The molecule has 1 aliphatic rings. The molecule has 1 aliphatic heterocycles. The first-order valence-corrected chi connectivity index (χ1v) is 14.4. The second-order valence-electron chi connectivity index (χ2n) is 9.82. The monoisotopic (exact) mass is 592 g/mol. The summed E-state index contributed by atoms with van der Waals surface area (Å²) in [6.07, 6.45) is 1.63. The third kappa shape index (κ3) is 5.42. The Kier molecular flexibility index (Phi) is 7.56. The maximum absolute atomic E-state index is 14.0. The fraction of sp³-hybridized carbons (Fsp3) is 0.118. The molecule has 6 rings (SSSR count). The Morgan fingerprint density at radius 3 is 2.37 bits per heavy atom. The number of thiazole rings is 1. The molecule has 0 aliphatic carbocycles. The van der Waals surface area contributed by atoms with E-state index in [1.807, 2.05) is 30.3 Å². The first-order valence-electron chi connectivity index (χ1n) is 13.6. The van der Waals surface area contributed by atoms with Gasteiger partial charge in [-0.15, -0.1) is 0 Å². The van der Waals surface area contributed by atoms with E-state index in [1.165, 1.54) is 23.6 Å². The molecule has 5 aromatic rings. The van der Waals surface area contributed by atoms with Gasteiger partial charge in [-0.25, -0.2) is 14.2 Å². The van der Waals surface area contributed by atoms with Crippen LogP contribution in [0.4, 0.5) is 4.39 Å². The number of fused-ring (bicyclic) bond motifs is 1. The van der Waals surface area contributed by atoms with Gasteiger partial charge in [-0.2, -0.15) is 0 Å². The molecule has 43 heavy (non-hydrogen) atoms. The van der Waals surface area contributed by atoms with Crippen molar-refractivity contribution in [3.63, 3.8) is 0 Å². The van der Waals surface area contributed by atoms with Gasteiger partial charge in [0.15, 0.2) is 10.6 Å². The molecule has 214 valence electrons. The van der Waals surface area contributed by atoms with Gasteiger partial charge >= 0.3 is 5.97 Å². The van der Waals surface area contributed by atoms with E-state index in [4.69, 9.17) is 14.1 Å². The molecule has 0 spiro atoms. The van der Waals surface area contributed by atoms with E-state index in [0.29, 0.717) is 43.2 Å². The Balaban J connectivity index is 1.52. The van der Waals surface area contributed by atoms with Gasteiger partial charge in [0.1, 0.15) is 17.3 Å². The highest BCUT2D eigenvalue weighted by atomic mass is 32.1. The van der Waals surface area contributed by atoms with Crippen LogP contribution in [-0.4, -0.2) is 22.9 Å². The Morgan fingerprint density at radius 1 is 0.977 bits per heavy atom. The summed E-state index contributed by atoms with van der Waals surface area (Å²) >= 11 is 1.16. The first-order chi connectivity index (χ1) is 20.8. The molecule has 9 heteroatoms. The Hall–Kier alpha value is -5.15. The van der Waals surface area contributed by atoms with Gasteiger partial charge < -0.3 is 9.15 Å². The molecule has 3 aromatic carbocycles. The van der Waals surface area contributed by atoms with Gasteiger partial charge in [-0.05, 0) is 43.7 Å². The molecular weight excluding hydrogens is 567 g/mol. The second kappa shape index (κ2) is 11.6. The van der Waals surface area contributed by atoms with Crippen LogP contribution in [0.1, 0.15) is 47.1 Å². The van der Waals surface area contributed by atoms with Gasteiger partial charge in [-0.3, -0.25) is 14.2 Å². The molecule has 2 aromatic heterocycles. The minimum atomic E-state index is -0.903. The van der Waals surface area contributed by atoms with Crippen LogP contribution in [0, 0.1) is 5.82 Å². The number of carbonyl (C=O) groups is 2. The number of hydrogen-bond acceptors (Lipinski definition) is 7. The van der Waals surface area contributed by atoms with E-state index < -0.39 is 17.8 Å². The number of benzene rings is 3. The van der Waals surface area contributed by atoms with Gasteiger partial charge in [0.2, 0.25) is 0 Å². The molecule has 1 atom stereocenters. The fourth-order valence-corrected chi connectivity index (χ4v) is 5.97. The van der Waals surface area contributed by atoms with E-state index in [2.05, 4.69) is 0 Å². The van der Waals surface area contributed by atoms with E-state index in [9.17, 15) is 18.8 Å². The number of rotatable bonds is 7. The third-order valence-electron chi connectivity index (χ3n) is 7.04. The standard InChI is InChI=1S/C34H25FN2O5S/c1-3-41-33(40)29-30(23-7-5-4-6-8-23)36-34-37(31(29)24-13-15-25(35)16-14-24)32(39)28(43-34)19-26-17-18-27(42-26)22-11-9-21(10-12-22)20(2)38/h4-19,31H,3H2,1-2H3/b28-19-. The van der Waals surface area contributed by atoms with E-state index >= 15 is 0 Å². The lowest BCUT2D eigenvalue weighted by Crippen LogP contribution is -2.40. The number of Topliss-reactive ketones (excluding diaryl/α,β-unsaturated/α-hetero) is 1. The Labute approximate surface area is 249 Å². The van der Waals surface area contributed by atoms with E-state index in [-0.39, 0.29) is 23.5 Å². The molecule has 0 N–H and O–H groups in total. The van der Waals surface area contributed by atoms with Crippen molar-refractivity contribution in [3.8, 4) is 11.3 Å². The molecule has 3 heterocycles. The summed E-state index contributed by atoms with van der Waals surface area (Å²) in [5, 5.41) is 0. The van der Waals surface area contributed by atoms with Crippen molar-refractivity contribution in [2.45, 2.75) is 19.9 Å². The van der Waals surface area contributed by atoms with Crippen LogP contribution in [0.5, 0.6) is 0 Å². The summed E-state index contributed by atoms with van der Waals surface area (Å²) in [5.41, 5.74) is 2.80. The topological polar surface area (TPSA) is 90.9 Å². The average Bonchev–Trinajstić information content (AvgIpc) is 3.61. The minimum absolute atomic E-state index is 0.0254. The minimum Gasteiger partial charge on any atom is -0.463 e. The highest BCUT2D eigenvalue weighted by Gasteiger charge is 2.35. The molecule has 0 amide bonds. The maximum Gasteiger partial charge on any atom is 0.338 e. The molecule has 7 nitrogen and oxygen atoms in total. The molecule has 0 saturated heterocycles. The van der Waals surface area contributed by atoms with Crippen molar-refractivity contribution in [2.75, 3.05) is 6.61 Å². The van der Waals surface area contributed by atoms with Crippen LogP contribution in [-0.2, 0) is 9.53 Å². The highest BCUT2D eigenvalue weighted by molar-refractivity contribution is 7.07. The van der Waals surface area contributed by atoms with Crippen molar-refractivity contribution < 1.29 is 23.1 Å². The normalized spacial score (nSPS) is 14.8. The Bertz CT molecular complexity index is 2050. The second-order valence-corrected chi connectivity index (χ2v) is 10.8. The molecule has 0 saturated carbocycles. The summed E-state index contributed by atoms with van der Waals surface area (Å²) < 4.78 is 27.2. The quantitative estimate of drug-likeness (QED) is 0.183. The highest BCUT2D eigenvalue weighted by Crippen LogP contribution is 2.35. The van der Waals surface area contributed by atoms with Gasteiger partial charge in [-0.1, -0.05) is 78.1 Å². The van der Waals surface area contributed by atoms with Crippen molar-refractivity contribution >= 4 is 34.9 Å². The lowest BCUT2D eigenvalue weighted by Gasteiger charge is -2.25. The number of hydrogen-bond donors (Lipinski definition) is 0. The lowest BCUT2D eigenvalue weighted by molar-refractivity contribution is -0.138. The SMILES string of the molecule is CCOC(=O)C1=C(c2ccccc2)N=c2s/c(=C\c3ccc(-c4ccc(C(C)=O)cc4)o3)c(=O)n2C1c1ccc(F)cc1. The summed E-state index contributed by atoms with van der Waals surface area (Å²) in [7, 11) is 0. The number of aromatic nitrogens is 1. The number of carbonyl (C=O) groups excluding carboxylic acids is 2. The van der Waals surface area contributed by atoms with Crippen molar-refractivity contribution in [2.24, 2.45) is 4.99 Å². The van der Waals surface area contributed by atoms with Crippen molar-refractivity contribution in [1.29, 1.82) is 0 Å². The van der Waals surface area contributed by atoms with Crippen LogP contribution >= 0.6 is 11.3 Å². The summed E-state index contributed by atoms with van der Waals surface area (Å²) in [6.45, 7) is 3.34. The summed E-state index contributed by atoms with van der Waals surface area (Å²) in [5.74, 6) is -0.0511. The number of halogens is 1. The van der Waals surface area contributed by atoms with Crippen molar-refractivity contribution in [3.05, 3.63) is 145 Å². The van der Waals surface area contributed by atoms with Gasteiger partial charge in [0.25, 0.3) is 5.56 Å². The molecular formula is C34H25FN2O5S. The van der Waals surface area contributed by atoms with Crippen LogP contribution in [0.3, 0.4) is 0 Å². The molecule has 1 unspecified atom stereocenters. The number of ether oxygens (including phenoxy) is 1. The predicted octanol–water partition coefficient (Wildman–Crippen LogP) is 5.54. The van der Waals surface area contributed by atoms with Gasteiger partial charge in [0.05, 0.1) is 28.5 Å². The zero-order chi connectivity index (χ0) is 30.1. The summed E-state index contributed by atoms with van der Waals surface area (Å²) in [6, 6.07) is 24.6. The van der Waals surface area contributed by atoms with Crippen LogP contribution in [0.25, 0.3) is 23.1 Å². The largest absolute Gasteiger partial charge is 0.463 e. The average molecular weight is 593 g/mol. The van der Waals surface area contributed by atoms with Gasteiger partial charge in [0, 0.05) is 22.8 Å². The zero-order valence-electron chi connectivity index (χ0n) is 23.2. The van der Waals surface area contributed by atoms with Crippen LogP contribution in [0.2, 0.25) is 0 Å². The number of nitrogens with zero attached hydrogens (tertiary/aromatic N) is 2. The van der Waals surface area contributed by atoms with E-state index in [0.717, 1.165) is 16.9 Å². The number of furan rings is 1.